The number of fused-ring (bicyclic) bond motifs is 3. The van der Waals surface area contributed by atoms with Crippen molar-refractivity contribution < 1.29 is 33.4 Å². The highest BCUT2D eigenvalue weighted by Gasteiger charge is 2.46. The fourth-order valence-electron chi connectivity index (χ4n) is 10.2. The van der Waals surface area contributed by atoms with Gasteiger partial charge in [0.1, 0.15) is 23.1 Å². The van der Waals surface area contributed by atoms with Crippen molar-refractivity contribution in [3.8, 4) is 22.6 Å². The monoisotopic (exact) mass is 800 g/mol. The number of amides is 5. The van der Waals surface area contributed by atoms with E-state index in [0.717, 1.165) is 83.3 Å². The molecule has 14 heteroatoms. The average Bonchev–Trinajstić information content (AvgIpc) is 3.74. The van der Waals surface area contributed by atoms with Crippen molar-refractivity contribution >= 4 is 40.3 Å². The molecule has 1 aliphatic carbocycles. The summed E-state index contributed by atoms with van der Waals surface area (Å²) in [4.78, 5) is 87.7. The van der Waals surface area contributed by atoms with Crippen LogP contribution in [0.1, 0.15) is 99.3 Å². The first-order valence-electron chi connectivity index (χ1n) is 20.5. The first-order valence-corrected chi connectivity index (χ1v) is 20.5. The third kappa shape index (κ3) is 6.67. The molecule has 14 nitrogen and oxygen atoms in total. The number of hydrogen-bond donors (Lipinski definition) is 1. The molecule has 3 fully saturated rings. The second-order valence-corrected chi connectivity index (χ2v) is 17.1. The maximum atomic E-state index is 14.2. The summed E-state index contributed by atoms with van der Waals surface area (Å²) in [5.74, 6) is -0.691. The quantitative estimate of drug-likeness (QED) is 0.259. The van der Waals surface area contributed by atoms with Gasteiger partial charge < -0.3 is 18.9 Å². The number of nitrogens with zero attached hydrogens (tertiary/aromatic N) is 5. The number of carbonyl (C=O) groups excluding carboxylic acids is 5. The second kappa shape index (κ2) is 14.7. The van der Waals surface area contributed by atoms with E-state index in [9.17, 15) is 28.8 Å². The summed E-state index contributed by atoms with van der Waals surface area (Å²) in [7, 11) is 4.82. The fourth-order valence-corrected chi connectivity index (χ4v) is 10.2. The van der Waals surface area contributed by atoms with Gasteiger partial charge in [0.2, 0.25) is 11.8 Å². The van der Waals surface area contributed by atoms with Crippen LogP contribution in [-0.2, 0) is 29.7 Å². The highest BCUT2D eigenvalue weighted by Crippen LogP contribution is 2.48. The van der Waals surface area contributed by atoms with Gasteiger partial charge in [-0.15, -0.1) is 0 Å². The lowest BCUT2D eigenvalue weighted by Crippen LogP contribution is -2.54. The molecule has 6 heterocycles. The van der Waals surface area contributed by atoms with Crippen molar-refractivity contribution in [2.24, 2.45) is 18.4 Å². The number of nitrogens with one attached hydrogen (secondary N) is 1. The van der Waals surface area contributed by atoms with E-state index in [1.54, 1.807) is 33.7 Å². The summed E-state index contributed by atoms with van der Waals surface area (Å²) >= 11 is 0. The van der Waals surface area contributed by atoms with Crippen LogP contribution >= 0.6 is 0 Å². The molecule has 9 rings (SSSR count). The smallest absolute Gasteiger partial charge is 0.262 e. The van der Waals surface area contributed by atoms with Gasteiger partial charge in [-0.05, 0) is 116 Å². The van der Waals surface area contributed by atoms with Crippen molar-refractivity contribution in [1.29, 1.82) is 0 Å². The Bertz CT molecular complexity index is 2460. The summed E-state index contributed by atoms with van der Waals surface area (Å²) in [6, 6.07) is 8.28. The zero-order valence-corrected chi connectivity index (χ0v) is 33.9. The third-order valence-electron chi connectivity index (χ3n) is 13.6. The molecule has 1 N–H and O–H groups in total. The standard InChI is InChI=1S/C45H48N6O8/c1-25-15-30-33(20-46-25)41(54)48(2)24-34(30)27-18-36(58-3)39(37(19-27)59-4)44(57)50-13-11-45(12-14-50)9-7-26(8-10-45)21-49-22-28-16-31-32(17-29(28)23-49)43(56)51(42(31)55)35-5-6-38(52)47-40(35)53/h15-20,24,26,35H,5-14,21-23H2,1-4H3,(H,47,52,53). The number of piperidine rings is 2. The number of rotatable bonds is 7. The van der Waals surface area contributed by atoms with E-state index in [1.807, 2.05) is 42.2 Å². The van der Waals surface area contributed by atoms with Gasteiger partial charge in [0.05, 0.1) is 30.7 Å². The molecule has 2 aromatic carbocycles. The molecule has 2 aromatic heterocycles. The number of pyridine rings is 2. The van der Waals surface area contributed by atoms with Crippen LogP contribution in [0.3, 0.4) is 0 Å². The van der Waals surface area contributed by atoms with Crippen molar-refractivity contribution in [3.05, 3.63) is 86.6 Å². The summed E-state index contributed by atoms with van der Waals surface area (Å²) in [6.07, 6.45) is 9.93. The second-order valence-electron chi connectivity index (χ2n) is 17.1. The molecular formula is C45H48N6O8. The number of ether oxygens (including phenoxy) is 2. The number of imide groups is 2. The topological polar surface area (TPSA) is 160 Å². The molecule has 4 aromatic rings. The number of carbonyl (C=O) groups is 5. The summed E-state index contributed by atoms with van der Waals surface area (Å²) < 4.78 is 13.2. The molecule has 5 amide bonds. The zero-order chi connectivity index (χ0) is 41.3. The van der Waals surface area contributed by atoms with Gasteiger partial charge in [-0.2, -0.15) is 0 Å². The van der Waals surface area contributed by atoms with E-state index in [-0.39, 0.29) is 29.7 Å². The molecule has 1 spiro atoms. The van der Waals surface area contributed by atoms with Crippen molar-refractivity contribution in [1.82, 2.24) is 29.6 Å². The van der Waals surface area contributed by atoms with Crippen LogP contribution in [-0.4, -0.2) is 93.7 Å². The number of methoxy groups -OCH3 is 2. The summed E-state index contributed by atoms with van der Waals surface area (Å²) in [6.45, 7) is 5.53. The van der Waals surface area contributed by atoms with E-state index in [4.69, 9.17) is 9.47 Å². The molecule has 2 saturated heterocycles. The van der Waals surface area contributed by atoms with E-state index in [2.05, 4.69) is 15.2 Å². The minimum Gasteiger partial charge on any atom is -0.496 e. The Morgan fingerprint density at radius 1 is 0.831 bits per heavy atom. The van der Waals surface area contributed by atoms with Gasteiger partial charge in [0.15, 0.2) is 0 Å². The SMILES string of the molecule is COc1cc(-c2cn(C)c(=O)c3cnc(C)cc23)cc(OC)c1C(=O)N1CCC2(CCC(CN3Cc4cc5c(cc4C3)C(=O)N(C3CCC(=O)NC3=O)C5=O)CC2)CC1. The molecule has 306 valence electrons. The highest BCUT2D eigenvalue weighted by atomic mass is 16.5. The van der Waals surface area contributed by atoms with Gasteiger partial charge >= 0.3 is 0 Å². The fraction of sp³-hybridized carbons (Fsp3) is 0.444. The van der Waals surface area contributed by atoms with Gasteiger partial charge in [-0.3, -0.25) is 48.9 Å². The van der Waals surface area contributed by atoms with Crippen LogP contribution in [0.15, 0.2) is 47.5 Å². The number of aromatic nitrogens is 2. The molecule has 0 bridgehead atoms. The summed E-state index contributed by atoms with van der Waals surface area (Å²) in [5, 5.41) is 3.53. The Balaban J connectivity index is 0.822. The predicted octanol–water partition coefficient (Wildman–Crippen LogP) is 4.76. The Kier molecular flexibility index (Phi) is 9.65. The maximum Gasteiger partial charge on any atom is 0.262 e. The Hall–Kier alpha value is -5.89. The minimum absolute atomic E-state index is 0.0925. The van der Waals surface area contributed by atoms with Crippen LogP contribution in [0, 0.1) is 18.3 Å². The predicted molar refractivity (Wildman–Crippen MR) is 217 cm³/mol. The zero-order valence-electron chi connectivity index (χ0n) is 33.9. The van der Waals surface area contributed by atoms with Gasteiger partial charge in [-0.1, -0.05) is 0 Å². The molecule has 1 saturated carbocycles. The largest absolute Gasteiger partial charge is 0.496 e. The normalized spacial score (nSPS) is 20.6. The number of hydrogen-bond acceptors (Lipinski definition) is 10. The third-order valence-corrected chi connectivity index (χ3v) is 13.6. The van der Waals surface area contributed by atoms with Gasteiger partial charge in [0, 0.05) is 69.8 Å². The molecule has 59 heavy (non-hydrogen) atoms. The van der Waals surface area contributed by atoms with Crippen molar-refractivity contribution in [3.63, 3.8) is 0 Å². The van der Waals surface area contributed by atoms with Crippen LogP contribution in [0.4, 0.5) is 0 Å². The lowest BCUT2D eigenvalue weighted by atomic mass is 9.65. The minimum atomic E-state index is -0.969. The Labute approximate surface area is 341 Å². The van der Waals surface area contributed by atoms with Crippen molar-refractivity contribution in [2.45, 2.75) is 77.4 Å². The molecule has 5 aliphatic rings. The number of likely N-dealkylation sites (tertiary alicyclic amines) is 1. The number of aryl methyl sites for hydroxylation is 2. The van der Waals surface area contributed by atoms with Crippen LogP contribution in [0.5, 0.6) is 11.5 Å². The molecule has 1 atom stereocenters. The van der Waals surface area contributed by atoms with Gasteiger partial charge in [-0.25, -0.2) is 0 Å². The lowest BCUT2D eigenvalue weighted by Gasteiger charge is -2.46. The molecular weight excluding hydrogens is 753 g/mol. The van der Waals surface area contributed by atoms with E-state index in [0.29, 0.717) is 65.7 Å². The Morgan fingerprint density at radius 3 is 2.05 bits per heavy atom. The first kappa shape index (κ1) is 38.6. The number of benzene rings is 2. The highest BCUT2D eigenvalue weighted by molar-refractivity contribution is 6.23. The molecule has 0 radical (unpaired) electrons. The van der Waals surface area contributed by atoms with Crippen LogP contribution in [0.2, 0.25) is 0 Å². The van der Waals surface area contributed by atoms with Crippen LogP contribution < -0.4 is 20.3 Å². The van der Waals surface area contributed by atoms with E-state index in [1.165, 1.54) is 4.57 Å². The van der Waals surface area contributed by atoms with Crippen LogP contribution in [0.25, 0.3) is 21.9 Å². The van der Waals surface area contributed by atoms with E-state index < -0.39 is 29.7 Å². The lowest BCUT2D eigenvalue weighted by molar-refractivity contribution is -0.136. The molecule has 4 aliphatic heterocycles. The van der Waals surface area contributed by atoms with Gasteiger partial charge in [0.25, 0.3) is 23.3 Å². The Morgan fingerprint density at radius 2 is 1.46 bits per heavy atom. The van der Waals surface area contributed by atoms with Crippen molar-refractivity contribution in [2.75, 3.05) is 33.9 Å². The first-order chi connectivity index (χ1) is 28.4. The molecule has 1 unspecified atom stereocenters. The summed E-state index contributed by atoms with van der Waals surface area (Å²) in [5.41, 5.74) is 5.56. The average molecular weight is 801 g/mol. The maximum absolute atomic E-state index is 14.2. The van der Waals surface area contributed by atoms with E-state index >= 15 is 0 Å².